The zero-order chi connectivity index (χ0) is 16.2. The highest BCUT2D eigenvalue weighted by Crippen LogP contribution is 2.25. The fourth-order valence-electron chi connectivity index (χ4n) is 3.50. The van der Waals surface area contributed by atoms with Gasteiger partial charge in [-0.05, 0) is 38.1 Å². The van der Waals surface area contributed by atoms with Gasteiger partial charge in [0.05, 0.1) is 18.2 Å². The van der Waals surface area contributed by atoms with Crippen molar-refractivity contribution in [1.82, 2.24) is 15.1 Å². The van der Waals surface area contributed by atoms with Crippen LogP contribution in [-0.4, -0.2) is 54.8 Å². The number of furan rings is 1. The predicted octanol–water partition coefficient (Wildman–Crippen LogP) is 1.40. The Labute approximate surface area is 136 Å². The number of nitrogens with zero attached hydrogens (tertiary/aromatic N) is 2. The molecule has 126 valence electrons. The summed E-state index contributed by atoms with van der Waals surface area (Å²) < 4.78 is 5.59. The van der Waals surface area contributed by atoms with Gasteiger partial charge in [0.25, 0.3) is 0 Å². The van der Waals surface area contributed by atoms with Gasteiger partial charge in [-0.3, -0.25) is 14.5 Å². The number of likely N-dealkylation sites (tertiary alicyclic amines) is 2. The van der Waals surface area contributed by atoms with Gasteiger partial charge in [0, 0.05) is 26.6 Å². The molecule has 0 unspecified atom stereocenters. The van der Waals surface area contributed by atoms with Gasteiger partial charge in [0.2, 0.25) is 11.8 Å². The van der Waals surface area contributed by atoms with E-state index in [1.807, 2.05) is 12.1 Å². The number of hydrogen-bond acceptors (Lipinski definition) is 4. The van der Waals surface area contributed by atoms with Crippen LogP contribution in [0.4, 0.5) is 0 Å². The second-order valence-corrected chi connectivity index (χ2v) is 6.55. The van der Waals surface area contributed by atoms with E-state index in [9.17, 15) is 9.59 Å². The van der Waals surface area contributed by atoms with E-state index in [0.29, 0.717) is 19.5 Å². The van der Waals surface area contributed by atoms with Gasteiger partial charge < -0.3 is 14.6 Å². The molecule has 0 spiro atoms. The molecule has 2 saturated heterocycles. The van der Waals surface area contributed by atoms with Crippen molar-refractivity contribution in [2.75, 3.05) is 33.2 Å². The summed E-state index contributed by atoms with van der Waals surface area (Å²) in [6.45, 7) is 3.11. The Balaban J connectivity index is 1.60. The van der Waals surface area contributed by atoms with E-state index in [4.69, 9.17) is 4.42 Å². The SMILES string of the molecule is CN1C[C@@H](C(=O)NC[C@@H](c2ccco2)N2CCCCC2)CC1=O. The summed E-state index contributed by atoms with van der Waals surface area (Å²) in [5, 5.41) is 3.03. The van der Waals surface area contributed by atoms with Gasteiger partial charge in [0.1, 0.15) is 5.76 Å². The minimum atomic E-state index is -0.230. The highest BCUT2D eigenvalue weighted by molar-refractivity contribution is 5.89. The molecule has 2 atom stereocenters. The minimum Gasteiger partial charge on any atom is -0.468 e. The maximum absolute atomic E-state index is 12.4. The third kappa shape index (κ3) is 3.75. The molecule has 23 heavy (non-hydrogen) atoms. The van der Waals surface area contributed by atoms with E-state index in [2.05, 4.69) is 10.2 Å². The first-order chi connectivity index (χ1) is 11.1. The number of carbonyl (C=O) groups excluding carboxylic acids is 2. The normalized spacial score (nSPS) is 24.0. The van der Waals surface area contributed by atoms with Crippen LogP contribution in [0, 0.1) is 5.92 Å². The van der Waals surface area contributed by atoms with E-state index in [0.717, 1.165) is 18.8 Å². The maximum atomic E-state index is 12.4. The Morgan fingerprint density at radius 3 is 2.78 bits per heavy atom. The van der Waals surface area contributed by atoms with Crippen molar-refractivity contribution in [3.63, 3.8) is 0 Å². The minimum absolute atomic E-state index is 0.0312. The van der Waals surface area contributed by atoms with Gasteiger partial charge in [-0.2, -0.15) is 0 Å². The molecular weight excluding hydrogens is 294 g/mol. The van der Waals surface area contributed by atoms with Crippen molar-refractivity contribution in [2.24, 2.45) is 5.92 Å². The van der Waals surface area contributed by atoms with E-state index in [1.54, 1.807) is 18.2 Å². The molecule has 6 nitrogen and oxygen atoms in total. The molecule has 0 bridgehead atoms. The number of carbonyl (C=O) groups is 2. The van der Waals surface area contributed by atoms with E-state index >= 15 is 0 Å². The fourth-order valence-corrected chi connectivity index (χ4v) is 3.50. The fraction of sp³-hybridized carbons (Fsp3) is 0.647. The molecule has 0 aromatic carbocycles. The second kappa shape index (κ2) is 7.17. The zero-order valence-corrected chi connectivity index (χ0v) is 13.7. The van der Waals surface area contributed by atoms with E-state index in [-0.39, 0.29) is 23.8 Å². The summed E-state index contributed by atoms with van der Waals surface area (Å²) in [7, 11) is 1.75. The molecule has 2 amide bonds. The van der Waals surface area contributed by atoms with Crippen LogP contribution in [0.15, 0.2) is 22.8 Å². The van der Waals surface area contributed by atoms with Gasteiger partial charge in [-0.25, -0.2) is 0 Å². The lowest BCUT2D eigenvalue weighted by atomic mass is 10.1. The maximum Gasteiger partial charge on any atom is 0.225 e. The summed E-state index contributed by atoms with van der Waals surface area (Å²) in [5.74, 6) is 0.679. The molecule has 0 aliphatic carbocycles. The second-order valence-electron chi connectivity index (χ2n) is 6.55. The quantitative estimate of drug-likeness (QED) is 0.891. The standard InChI is InChI=1S/C17H25N3O3/c1-19-12-13(10-16(19)21)17(22)18-11-14(15-6-5-9-23-15)20-7-3-2-4-8-20/h5-6,9,13-14H,2-4,7-8,10-12H2,1H3,(H,18,22)/t13-,14-/m0/s1. The average Bonchev–Trinajstić information content (AvgIpc) is 3.19. The molecule has 6 heteroatoms. The smallest absolute Gasteiger partial charge is 0.225 e. The first-order valence-electron chi connectivity index (χ1n) is 8.44. The van der Waals surface area contributed by atoms with Crippen LogP contribution in [-0.2, 0) is 9.59 Å². The number of piperidine rings is 1. The zero-order valence-electron chi connectivity index (χ0n) is 13.7. The molecule has 0 radical (unpaired) electrons. The lowest BCUT2D eigenvalue weighted by Gasteiger charge is -2.33. The topological polar surface area (TPSA) is 65.8 Å². The van der Waals surface area contributed by atoms with Crippen LogP contribution in [0.5, 0.6) is 0 Å². The Morgan fingerprint density at radius 2 is 2.17 bits per heavy atom. The van der Waals surface area contributed by atoms with Crippen LogP contribution in [0.3, 0.4) is 0 Å². The largest absolute Gasteiger partial charge is 0.468 e. The molecule has 2 fully saturated rings. The number of amides is 2. The van der Waals surface area contributed by atoms with Crippen LogP contribution in [0.2, 0.25) is 0 Å². The number of nitrogens with one attached hydrogen (secondary N) is 1. The van der Waals surface area contributed by atoms with Crippen LogP contribution >= 0.6 is 0 Å². The first kappa shape index (κ1) is 16.1. The van der Waals surface area contributed by atoms with Crippen molar-refractivity contribution in [2.45, 2.75) is 31.7 Å². The van der Waals surface area contributed by atoms with Crippen molar-refractivity contribution in [3.05, 3.63) is 24.2 Å². The molecule has 1 N–H and O–H groups in total. The lowest BCUT2D eigenvalue weighted by Crippen LogP contribution is -2.42. The average molecular weight is 319 g/mol. The molecule has 2 aliphatic rings. The van der Waals surface area contributed by atoms with Gasteiger partial charge in [0.15, 0.2) is 0 Å². The molecule has 3 heterocycles. The van der Waals surface area contributed by atoms with Crippen molar-refractivity contribution in [1.29, 1.82) is 0 Å². The molecule has 3 rings (SSSR count). The molecule has 2 aliphatic heterocycles. The summed E-state index contributed by atoms with van der Waals surface area (Å²) in [4.78, 5) is 27.9. The van der Waals surface area contributed by atoms with E-state index in [1.165, 1.54) is 19.3 Å². The van der Waals surface area contributed by atoms with Crippen LogP contribution < -0.4 is 5.32 Å². The first-order valence-corrected chi connectivity index (χ1v) is 8.44. The summed E-state index contributed by atoms with van der Waals surface area (Å²) in [6.07, 6.45) is 5.64. The third-order valence-corrected chi connectivity index (χ3v) is 4.88. The number of rotatable bonds is 5. The van der Waals surface area contributed by atoms with Crippen molar-refractivity contribution >= 4 is 11.8 Å². The Hall–Kier alpha value is -1.82. The van der Waals surface area contributed by atoms with Gasteiger partial charge >= 0.3 is 0 Å². The Morgan fingerprint density at radius 1 is 1.39 bits per heavy atom. The van der Waals surface area contributed by atoms with Crippen molar-refractivity contribution < 1.29 is 14.0 Å². The van der Waals surface area contributed by atoms with Crippen LogP contribution in [0.25, 0.3) is 0 Å². The molecular formula is C17H25N3O3. The Kier molecular flexibility index (Phi) is 5.00. The lowest BCUT2D eigenvalue weighted by molar-refractivity contribution is -0.128. The van der Waals surface area contributed by atoms with Crippen LogP contribution in [0.1, 0.15) is 37.5 Å². The number of hydrogen-bond donors (Lipinski definition) is 1. The predicted molar refractivity (Wildman–Crippen MR) is 85.6 cm³/mol. The van der Waals surface area contributed by atoms with Gasteiger partial charge in [-0.15, -0.1) is 0 Å². The van der Waals surface area contributed by atoms with Crippen molar-refractivity contribution in [3.8, 4) is 0 Å². The third-order valence-electron chi connectivity index (χ3n) is 4.88. The summed E-state index contributed by atoms with van der Waals surface area (Å²) in [6, 6.07) is 3.93. The summed E-state index contributed by atoms with van der Waals surface area (Å²) >= 11 is 0. The van der Waals surface area contributed by atoms with E-state index < -0.39 is 0 Å². The monoisotopic (exact) mass is 319 g/mol. The molecule has 0 saturated carbocycles. The highest BCUT2D eigenvalue weighted by Gasteiger charge is 2.33. The summed E-state index contributed by atoms with van der Waals surface area (Å²) in [5.41, 5.74) is 0. The Bertz CT molecular complexity index is 537. The van der Waals surface area contributed by atoms with Gasteiger partial charge in [-0.1, -0.05) is 6.42 Å². The molecule has 1 aromatic heterocycles. The highest BCUT2D eigenvalue weighted by atomic mass is 16.3. The molecule has 1 aromatic rings.